The van der Waals surface area contributed by atoms with Gasteiger partial charge in [-0.1, -0.05) is 25.4 Å². The number of phenols is 1. The second-order valence-corrected chi connectivity index (χ2v) is 5.08. The Morgan fingerprint density at radius 1 is 1.47 bits per heavy atom. The molecule has 0 atom stereocenters. The van der Waals surface area contributed by atoms with Crippen LogP contribution in [0.15, 0.2) is 18.2 Å². The maximum Gasteiger partial charge on any atom is 0.251 e. The molecule has 1 aromatic rings. The number of rotatable bonds is 4. The molecule has 3 N–H and O–H groups in total. The quantitative estimate of drug-likeness (QED) is 0.770. The van der Waals surface area contributed by atoms with E-state index in [9.17, 15) is 9.90 Å². The lowest BCUT2D eigenvalue weighted by molar-refractivity contribution is 0.0911. The maximum absolute atomic E-state index is 11.7. The summed E-state index contributed by atoms with van der Waals surface area (Å²) in [6, 6.07) is 4.26. The fourth-order valence-corrected chi connectivity index (χ4v) is 1.31. The maximum atomic E-state index is 11.7. The summed E-state index contributed by atoms with van der Waals surface area (Å²) in [7, 11) is 0. The Balaban J connectivity index is 2.68. The first-order valence-corrected chi connectivity index (χ1v) is 5.61. The highest BCUT2D eigenvalue weighted by molar-refractivity contribution is 6.32. The molecule has 0 aliphatic rings. The minimum Gasteiger partial charge on any atom is -0.506 e. The van der Waals surface area contributed by atoms with Gasteiger partial charge in [-0.25, -0.2) is 0 Å². The highest BCUT2D eigenvalue weighted by Gasteiger charge is 2.18. The van der Waals surface area contributed by atoms with Crippen molar-refractivity contribution in [2.75, 3.05) is 13.2 Å². The Kier molecular flexibility index (Phi) is 4.37. The lowest BCUT2D eigenvalue weighted by Crippen LogP contribution is -2.36. The van der Waals surface area contributed by atoms with Crippen molar-refractivity contribution >= 4 is 17.5 Å². The van der Waals surface area contributed by atoms with Crippen LogP contribution in [0, 0.1) is 5.41 Å². The molecule has 94 valence electrons. The Bertz CT molecular complexity index is 418. The topological polar surface area (TPSA) is 69.6 Å². The standard InChI is InChI=1S/C12H16ClNO3/c1-12(2,7-15)6-14-11(17)8-3-4-10(16)9(13)5-8/h3-5,15-16H,6-7H2,1-2H3,(H,14,17). The second-order valence-electron chi connectivity index (χ2n) is 4.67. The van der Waals surface area contributed by atoms with Gasteiger partial charge in [-0.15, -0.1) is 0 Å². The Morgan fingerprint density at radius 2 is 2.12 bits per heavy atom. The zero-order valence-electron chi connectivity index (χ0n) is 9.83. The monoisotopic (exact) mass is 257 g/mol. The fraction of sp³-hybridized carbons (Fsp3) is 0.417. The number of aromatic hydroxyl groups is 1. The third-order valence-electron chi connectivity index (χ3n) is 2.37. The van der Waals surface area contributed by atoms with E-state index < -0.39 is 0 Å². The van der Waals surface area contributed by atoms with Crippen LogP contribution in [-0.4, -0.2) is 29.3 Å². The smallest absolute Gasteiger partial charge is 0.251 e. The van der Waals surface area contributed by atoms with E-state index >= 15 is 0 Å². The van der Waals surface area contributed by atoms with Crippen LogP contribution in [0.5, 0.6) is 5.75 Å². The Hall–Kier alpha value is -1.26. The molecule has 0 saturated carbocycles. The largest absolute Gasteiger partial charge is 0.506 e. The zero-order chi connectivity index (χ0) is 13.1. The van der Waals surface area contributed by atoms with E-state index in [1.807, 2.05) is 13.8 Å². The third-order valence-corrected chi connectivity index (χ3v) is 2.67. The number of phenolic OH excluding ortho intramolecular Hbond substituents is 1. The number of benzene rings is 1. The number of aliphatic hydroxyl groups excluding tert-OH is 1. The second kappa shape index (κ2) is 5.38. The van der Waals surface area contributed by atoms with Crippen molar-refractivity contribution in [2.45, 2.75) is 13.8 Å². The van der Waals surface area contributed by atoms with E-state index in [0.717, 1.165) is 0 Å². The van der Waals surface area contributed by atoms with E-state index in [1.54, 1.807) is 0 Å². The molecule has 1 rings (SSSR count). The lowest BCUT2D eigenvalue weighted by atomic mass is 9.95. The summed E-state index contributed by atoms with van der Waals surface area (Å²) >= 11 is 5.71. The predicted molar refractivity (Wildman–Crippen MR) is 66.3 cm³/mol. The minimum atomic E-state index is -0.365. The average molecular weight is 258 g/mol. The molecule has 0 unspecified atom stereocenters. The SMILES string of the molecule is CC(C)(CO)CNC(=O)c1ccc(O)c(Cl)c1. The van der Waals surface area contributed by atoms with E-state index in [1.165, 1.54) is 18.2 Å². The van der Waals surface area contributed by atoms with E-state index in [0.29, 0.717) is 12.1 Å². The first kappa shape index (κ1) is 13.8. The molecule has 0 saturated heterocycles. The van der Waals surface area contributed by atoms with Gasteiger partial charge >= 0.3 is 0 Å². The van der Waals surface area contributed by atoms with Crippen LogP contribution in [0.2, 0.25) is 5.02 Å². The highest BCUT2D eigenvalue weighted by Crippen LogP contribution is 2.23. The fourth-order valence-electron chi connectivity index (χ4n) is 1.13. The summed E-state index contributed by atoms with van der Waals surface area (Å²) in [5.41, 5.74) is 0.0117. The van der Waals surface area contributed by atoms with Gasteiger partial charge in [0.15, 0.2) is 0 Å². The van der Waals surface area contributed by atoms with Crippen molar-refractivity contribution in [3.63, 3.8) is 0 Å². The lowest BCUT2D eigenvalue weighted by Gasteiger charge is -2.21. The summed E-state index contributed by atoms with van der Waals surface area (Å²) in [5, 5.41) is 21.1. The zero-order valence-corrected chi connectivity index (χ0v) is 10.6. The number of aliphatic hydroxyl groups is 1. The van der Waals surface area contributed by atoms with Crippen LogP contribution in [0.3, 0.4) is 0 Å². The van der Waals surface area contributed by atoms with Crippen molar-refractivity contribution in [3.05, 3.63) is 28.8 Å². The van der Waals surface area contributed by atoms with Crippen LogP contribution >= 0.6 is 11.6 Å². The summed E-state index contributed by atoms with van der Waals surface area (Å²) in [5.74, 6) is -0.340. The molecule has 17 heavy (non-hydrogen) atoms. The van der Waals surface area contributed by atoms with Gasteiger partial charge in [0.1, 0.15) is 5.75 Å². The van der Waals surface area contributed by atoms with Crippen molar-refractivity contribution in [2.24, 2.45) is 5.41 Å². The molecule has 0 aromatic heterocycles. The minimum absolute atomic E-state index is 0.0103. The van der Waals surface area contributed by atoms with E-state index in [2.05, 4.69) is 5.32 Å². The number of hydrogen-bond donors (Lipinski definition) is 3. The van der Waals surface area contributed by atoms with Crippen LogP contribution in [0.1, 0.15) is 24.2 Å². The molecular weight excluding hydrogens is 242 g/mol. The molecule has 0 spiro atoms. The number of carbonyl (C=O) groups is 1. The highest BCUT2D eigenvalue weighted by atomic mass is 35.5. The summed E-state index contributed by atoms with van der Waals surface area (Å²) in [4.78, 5) is 11.7. The van der Waals surface area contributed by atoms with E-state index in [-0.39, 0.29) is 28.7 Å². The number of hydrogen-bond acceptors (Lipinski definition) is 3. The first-order valence-electron chi connectivity index (χ1n) is 5.23. The van der Waals surface area contributed by atoms with Gasteiger partial charge in [-0.3, -0.25) is 4.79 Å². The molecule has 4 nitrogen and oxygen atoms in total. The predicted octanol–water partition coefficient (Wildman–Crippen LogP) is 1.79. The molecule has 0 bridgehead atoms. The molecule has 1 amide bonds. The summed E-state index contributed by atoms with van der Waals surface area (Å²) < 4.78 is 0. The van der Waals surface area contributed by atoms with Gasteiger partial charge in [0, 0.05) is 24.1 Å². The molecular formula is C12H16ClNO3. The molecule has 5 heteroatoms. The molecule has 1 aromatic carbocycles. The molecule has 0 aliphatic carbocycles. The number of nitrogens with one attached hydrogen (secondary N) is 1. The van der Waals surface area contributed by atoms with Crippen molar-refractivity contribution in [3.8, 4) is 5.75 Å². The third kappa shape index (κ3) is 3.91. The molecule has 0 heterocycles. The Labute approximate surface area is 105 Å². The molecule has 0 aliphatic heterocycles. The van der Waals surface area contributed by atoms with Gasteiger partial charge in [-0.2, -0.15) is 0 Å². The Morgan fingerprint density at radius 3 is 2.65 bits per heavy atom. The number of carbonyl (C=O) groups excluding carboxylic acids is 1. The van der Waals surface area contributed by atoms with Crippen LogP contribution in [0.4, 0.5) is 0 Å². The summed E-state index contributed by atoms with van der Waals surface area (Å²) in [6.07, 6.45) is 0. The van der Waals surface area contributed by atoms with Gasteiger partial charge in [0.05, 0.1) is 5.02 Å². The normalized spacial score (nSPS) is 11.3. The summed E-state index contributed by atoms with van der Waals surface area (Å²) in [6.45, 7) is 4.04. The molecule has 0 fully saturated rings. The van der Waals surface area contributed by atoms with Crippen molar-refractivity contribution in [1.29, 1.82) is 0 Å². The van der Waals surface area contributed by atoms with Crippen molar-refractivity contribution < 1.29 is 15.0 Å². The average Bonchev–Trinajstić information content (AvgIpc) is 2.30. The van der Waals surface area contributed by atoms with Gasteiger partial charge in [-0.05, 0) is 18.2 Å². The van der Waals surface area contributed by atoms with Gasteiger partial charge in [0.25, 0.3) is 5.91 Å². The number of amides is 1. The van der Waals surface area contributed by atoms with Crippen LogP contribution in [0.25, 0.3) is 0 Å². The number of halogens is 1. The van der Waals surface area contributed by atoms with Crippen LogP contribution < -0.4 is 5.32 Å². The van der Waals surface area contributed by atoms with E-state index in [4.69, 9.17) is 16.7 Å². The first-order chi connectivity index (χ1) is 7.85. The van der Waals surface area contributed by atoms with Crippen LogP contribution in [-0.2, 0) is 0 Å². The van der Waals surface area contributed by atoms with Gasteiger partial charge in [0.2, 0.25) is 0 Å². The molecule has 0 radical (unpaired) electrons. The van der Waals surface area contributed by atoms with Gasteiger partial charge < -0.3 is 15.5 Å². The van der Waals surface area contributed by atoms with Crippen molar-refractivity contribution in [1.82, 2.24) is 5.32 Å².